The number of halogens is 1. The number of carbonyl (C=O) groups is 1. The molecule has 1 fully saturated rings. The van der Waals surface area contributed by atoms with Gasteiger partial charge in [0, 0.05) is 11.6 Å². The van der Waals surface area contributed by atoms with E-state index in [2.05, 4.69) is 10.5 Å². The van der Waals surface area contributed by atoms with Crippen molar-refractivity contribution in [1.82, 2.24) is 5.32 Å². The van der Waals surface area contributed by atoms with E-state index in [0.29, 0.717) is 36.7 Å². The summed E-state index contributed by atoms with van der Waals surface area (Å²) in [7, 11) is 0. The molecule has 0 spiro atoms. The molecule has 1 aliphatic rings. The van der Waals surface area contributed by atoms with Gasteiger partial charge in [-0.1, -0.05) is 35.8 Å². The molecule has 0 aliphatic heterocycles. The van der Waals surface area contributed by atoms with Crippen LogP contribution in [0.15, 0.2) is 29.4 Å². The molecule has 1 amide bonds. The molecule has 1 saturated carbocycles. The van der Waals surface area contributed by atoms with Crippen molar-refractivity contribution in [3.8, 4) is 0 Å². The van der Waals surface area contributed by atoms with Crippen molar-refractivity contribution in [2.24, 2.45) is 22.2 Å². The molecule has 1 aliphatic carbocycles. The average molecular weight is 310 g/mol. The third-order valence-corrected chi connectivity index (χ3v) is 4.29. The third kappa shape index (κ3) is 3.29. The largest absolute Gasteiger partial charge is 0.409 e. The smallest absolute Gasteiger partial charge is 0.233 e. The number of amidine groups is 1. The molecule has 0 atom stereocenters. The Balaban J connectivity index is 1.90. The van der Waals surface area contributed by atoms with E-state index in [1.54, 1.807) is 0 Å². The van der Waals surface area contributed by atoms with Gasteiger partial charge in [0.25, 0.3) is 0 Å². The first-order valence-electron chi connectivity index (χ1n) is 6.98. The minimum Gasteiger partial charge on any atom is -0.409 e. The first-order chi connectivity index (χ1) is 9.98. The lowest BCUT2D eigenvalue weighted by molar-refractivity contribution is -0.133. The predicted molar refractivity (Wildman–Crippen MR) is 82.4 cm³/mol. The second-order valence-electron chi connectivity index (χ2n) is 5.71. The summed E-state index contributed by atoms with van der Waals surface area (Å²) in [4.78, 5) is 12.3. The van der Waals surface area contributed by atoms with Crippen molar-refractivity contribution in [1.29, 1.82) is 0 Å². The SMILES string of the molecule is CC1CC(C(=O)NCCc2ccc(Cl)cc2)(/C(N)=N/O)C1. The summed E-state index contributed by atoms with van der Waals surface area (Å²) in [5.41, 5.74) is 5.96. The van der Waals surface area contributed by atoms with Crippen LogP contribution in [-0.4, -0.2) is 23.5 Å². The molecule has 5 nitrogen and oxygen atoms in total. The fourth-order valence-corrected chi connectivity index (χ4v) is 3.00. The van der Waals surface area contributed by atoms with E-state index >= 15 is 0 Å². The van der Waals surface area contributed by atoms with Crippen LogP contribution in [0.1, 0.15) is 25.3 Å². The lowest BCUT2D eigenvalue weighted by atomic mass is 9.61. The zero-order valence-electron chi connectivity index (χ0n) is 12.0. The standard InChI is InChI=1S/C15H20ClN3O2/c1-10-8-15(9-10,13(17)19-21)14(20)18-7-6-11-2-4-12(16)5-3-11/h2-5,10,21H,6-9H2,1H3,(H2,17,19)(H,18,20). The maximum atomic E-state index is 12.3. The van der Waals surface area contributed by atoms with Gasteiger partial charge in [0.1, 0.15) is 5.41 Å². The molecular weight excluding hydrogens is 290 g/mol. The average Bonchev–Trinajstić information content (AvgIpc) is 2.44. The highest BCUT2D eigenvalue weighted by molar-refractivity contribution is 6.30. The van der Waals surface area contributed by atoms with Gasteiger partial charge < -0.3 is 16.3 Å². The van der Waals surface area contributed by atoms with Crippen LogP contribution >= 0.6 is 11.6 Å². The summed E-state index contributed by atoms with van der Waals surface area (Å²) in [6.45, 7) is 2.55. The van der Waals surface area contributed by atoms with Crippen molar-refractivity contribution < 1.29 is 10.0 Å². The van der Waals surface area contributed by atoms with E-state index in [0.717, 1.165) is 5.56 Å². The number of nitrogens with zero attached hydrogens (tertiary/aromatic N) is 1. The lowest BCUT2D eigenvalue weighted by Crippen LogP contribution is -2.57. The number of hydrogen-bond donors (Lipinski definition) is 3. The van der Waals surface area contributed by atoms with Gasteiger partial charge in [0.05, 0.1) is 0 Å². The maximum absolute atomic E-state index is 12.3. The molecule has 0 unspecified atom stereocenters. The third-order valence-electron chi connectivity index (χ3n) is 4.04. The van der Waals surface area contributed by atoms with Crippen molar-refractivity contribution in [3.05, 3.63) is 34.9 Å². The lowest BCUT2D eigenvalue weighted by Gasteiger charge is -2.43. The number of nitrogens with one attached hydrogen (secondary N) is 1. The Kier molecular flexibility index (Phi) is 4.73. The van der Waals surface area contributed by atoms with Crippen LogP contribution in [0.2, 0.25) is 5.02 Å². The minimum atomic E-state index is -0.839. The van der Waals surface area contributed by atoms with Crippen LogP contribution in [0.5, 0.6) is 0 Å². The van der Waals surface area contributed by atoms with E-state index in [1.807, 2.05) is 31.2 Å². The van der Waals surface area contributed by atoms with Gasteiger partial charge in [0.2, 0.25) is 5.91 Å². The number of oxime groups is 1. The summed E-state index contributed by atoms with van der Waals surface area (Å²) < 4.78 is 0. The van der Waals surface area contributed by atoms with Gasteiger partial charge >= 0.3 is 0 Å². The number of carbonyl (C=O) groups excluding carboxylic acids is 1. The van der Waals surface area contributed by atoms with Crippen molar-refractivity contribution in [2.75, 3.05) is 6.54 Å². The number of rotatable bonds is 5. The van der Waals surface area contributed by atoms with Gasteiger partial charge in [-0.25, -0.2) is 0 Å². The molecule has 0 aromatic heterocycles. The van der Waals surface area contributed by atoms with E-state index in [-0.39, 0.29) is 11.7 Å². The summed E-state index contributed by atoms with van der Waals surface area (Å²) in [5, 5.41) is 15.5. The van der Waals surface area contributed by atoms with E-state index in [9.17, 15) is 4.79 Å². The Hall–Kier alpha value is -1.75. The van der Waals surface area contributed by atoms with Crippen LogP contribution in [0, 0.1) is 11.3 Å². The zero-order valence-corrected chi connectivity index (χ0v) is 12.7. The highest BCUT2D eigenvalue weighted by atomic mass is 35.5. The van der Waals surface area contributed by atoms with E-state index < -0.39 is 5.41 Å². The van der Waals surface area contributed by atoms with Crippen LogP contribution in [-0.2, 0) is 11.2 Å². The topological polar surface area (TPSA) is 87.7 Å². The highest BCUT2D eigenvalue weighted by Gasteiger charge is 2.51. The second-order valence-corrected chi connectivity index (χ2v) is 6.15. The monoisotopic (exact) mass is 309 g/mol. The zero-order chi connectivity index (χ0) is 15.5. The summed E-state index contributed by atoms with van der Waals surface area (Å²) in [5.74, 6) is 0.252. The molecule has 2 rings (SSSR count). The molecule has 1 aromatic rings. The van der Waals surface area contributed by atoms with Crippen molar-refractivity contribution in [3.63, 3.8) is 0 Å². The molecule has 1 aromatic carbocycles. The molecule has 0 saturated heterocycles. The Labute approximate surface area is 129 Å². The second kappa shape index (κ2) is 6.35. The van der Waals surface area contributed by atoms with E-state index in [1.165, 1.54) is 0 Å². The first kappa shape index (κ1) is 15.6. The summed E-state index contributed by atoms with van der Waals surface area (Å²) in [6.07, 6.45) is 1.95. The predicted octanol–water partition coefficient (Wildman–Crippen LogP) is 2.16. The summed E-state index contributed by atoms with van der Waals surface area (Å²) in [6, 6.07) is 7.51. The Morgan fingerprint density at radius 1 is 1.48 bits per heavy atom. The Morgan fingerprint density at radius 2 is 2.10 bits per heavy atom. The number of nitrogens with two attached hydrogens (primary N) is 1. The molecule has 0 heterocycles. The first-order valence-corrected chi connectivity index (χ1v) is 7.36. The Bertz CT molecular complexity index is 536. The van der Waals surface area contributed by atoms with Crippen LogP contribution < -0.4 is 11.1 Å². The minimum absolute atomic E-state index is 0.00425. The van der Waals surface area contributed by atoms with Gasteiger partial charge in [-0.2, -0.15) is 0 Å². The summed E-state index contributed by atoms with van der Waals surface area (Å²) >= 11 is 5.83. The van der Waals surface area contributed by atoms with Gasteiger partial charge in [-0.15, -0.1) is 0 Å². The fourth-order valence-electron chi connectivity index (χ4n) is 2.88. The normalized spacial score (nSPS) is 25.2. The van der Waals surface area contributed by atoms with Crippen molar-refractivity contribution in [2.45, 2.75) is 26.2 Å². The molecule has 0 bridgehead atoms. The van der Waals surface area contributed by atoms with Gasteiger partial charge in [0.15, 0.2) is 5.84 Å². The van der Waals surface area contributed by atoms with Crippen LogP contribution in [0.25, 0.3) is 0 Å². The fraction of sp³-hybridized carbons (Fsp3) is 0.467. The molecular formula is C15H20ClN3O2. The van der Waals surface area contributed by atoms with Gasteiger partial charge in [-0.3, -0.25) is 4.79 Å². The van der Waals surface area contributed by atoms with Crippen LogP contribution in [0.4, 0.5) is 0 Å². The Morgan fingerprint density at radius 3 is 2.62 bits per heavy atom. The molecule has 4 N–H and O–H groups in total. The maximum Gasteiger partial charge on any atom is 0.233 e. The highest BCUT2D eigenvalue weighted by Crippen LogP contribution is 2.45. The quantitative estimate of drug-likeness (QED) is 0.337. The van der Waals surface area contributed by atoms with E-state index in [4.69, 9.17) is 22.5 Å². The van der Waals surface area contributed by atoms with Crippen molar-refractivity contribution >= 4 is 23.3 Å². The number of amides is 1. The number of hydrogen-bond acceptors (Lipinski definition) is 3. The molecule has 6 heteroatoms. The number of benzene rings is 1. The van der Waals surface area contributed by atoms with Gasteiger partial charge in [-0.05, 0) is 42.9 Å². The van der Waals surface area contributed by atoms with Crippen LogP contribution in [0.3, 0.4) is 0 Å². The molecule has 21 heavy (non-hydrogen) atoms. The molecule has 114 valence electrons. The molecule has 0 radical (unpaired) electrons.